The zero-order valence-corrected chi connectivity index (χ0v) is 14.4. The average Bonchev–Trinajstić information content (AvgIpc) is 3.14. The largest absolute Gasteiger partial charge is 0.360 e. The lowest BCUT2D eigenvalue weighted by Gasteiger charge is -2.35. The maximum Gasteiger partial charge on any atom is 0.248 e. The van der Waals surface area contributed by atoms with E-state index in [1.54, 1.807) is 38.4 Å². The van der Waals surface area contributed by atoms with Gasteiger partial charge in [-0.15, -0.1) is 0 Å². The summed E-state index contributed by atoms with van der Waals surface area (Å²) in [4.78, 5) is 8.44. The molecule has 0 spiro atoms. The molecule has 0 aliphatic carbocycles. The first-order valence-electron chi connectivity index (χ1n) is 7.64. The Morgan fingerprint density at radius 3 is 2.48 bits per heavy atom. The summed E-state index contributed by atoms with van der Waals surface area (Å²) in [5, 5.41) is 7.66. The predicted octanol–water partition coefficient (Wildman–Crippen LogP) is 1.52. The molecular weight excluding hydrogens is 346 g/mol. The smallest absolute Gasteiger partial charge is 0.248 e. The molecule has 0 unspecified atom stereocenters. The Morgan fingerprint density at radius 2 is 1.84 bits per heavy atom. The molecule has 0 atom stereocenters. The van der Waals surface area contributed by atoms with Crippen LogP contribution in [0.25, 0.3) is 11.4 Å². The van der Waals surface area contributed by atoms with Crippen LogP contribution in [0.4, 0.5) is 0 Å². The van der Waals surface area contributed by atoms with Crippen LogP contribution in [0, 0.1) is 13.8 Å². The van der Waals surface area contributed by atoms with Crippen LogP contribution in [0.15, 0.2) is 38.5 Å². The third-order valence-electron chi connectivity index (χ3n) is 4.14. The van der Waals surface area contributed by atoms with Crippen molar-refractivity contribution in [2.75, 3.05) is 13.1 Å². The summed E-state index contributed by atoms with van der Waals surface area (Å²) in [5.74, 6) is 1.05. The first-order valence-corrected chi connectivity index (χ1v) is 9.08. The van der Waals surface area contributed by atoms with Gasteiger partial charge in [0.2, 0.25) is 21.7 Å². The highest BCUT2D eigenvalue weighted by molar-refractivity contribution is 7.89. The zero-order chi connectivity index (χ0) is 17.6. The Hall–Kier alpha value is -2.59. The summed E-state index contributed by atoms with van der Waals surface area (Å²) < 4.78 is 37.0. The second kappa shape index (κ2) is 5.74. The fourth-order valence-corrected chi connectivity index (χ4v) is 4.60. The van der Waals surface area contributed by atoms with Crippen molar-refractivity contribution in [1.29, 1.82) is 0 Å². The molecule has 3 aromatic rings. The van der Waals surface area contributed by atoms with E-state index < -0.39 is 10.0 Å². The average molecular weight is 361 g/mol. The van der Waals surface area contributed by atoms with E-state index in [0.29, 0.717) is 23.2 Å². The van der Waals surface area contributed by atoms with Crippen LogP contribution in [0.5, 0.6) is 0 Å². The number of hydrogen-bond acceptors (Lipinski definition) is 8. The molecule has 0 bridgehead atoms. The van der Waals surface area contributed by atoms with Gasteiger partial charge in [-0.2, -0.15) is 9.29 Å². The second-order valence-electron chi connectivity index (χ2n) is 5.86. The van der Waals surface area contributed by atoms with Crippen molar-refractivity contribution in [1.82, 2.24) is 24.6 Å². The fraction of sp³-hybridized carbons (Fsp3) is 0.333. The van der Waals surface area contributed by atoms with E-state index in [2.05, 4.69) is 20.3 Å². The topological polar surface area (TPSA) is 115 Å². The summed E-state index contributed by atoms with van der Waals surface area (Å²) >= 11 is 0. The van der Waals surface area contributed by atoms with E-state index in [0.717, 1.165) is 5.56 Å². The molecule has 0 N–H and O–H groups in total. The van der Waals surface area contributed by atoms with Crippen molar-refractivity contribution in [2.24, 2.45) is 0 Å². The zero-order valence-electron chi connectivity index (χ0n) is 13.6. The minimum Gasteiger partial charge on any atom is -0.360 e. The Labute approximate surface area is 143 Å². The first-order chi connectivity index (χ1) is 12.0. The Kier molecular flexibility index (Phi) is 3.65. The molecule has 0 radical (unpaired) electrons. The van der Waals surface area contributed by atoms with Gasteiger partial charge in [-0.05, 0) is 26.0 Å². The molecule has 3 aromatic heterocycles. The SMILES string of the molecule is Cc1noc(C)c1S(=O)(=O)N1CC(c2nc(-c3ccncc3)no2)C1. The first kappa shape index (κ1) is 15.9. The van der Waals surface area contributed by atoms with Gasteiger partial charge in [-0.3, -0.25) is 4.98 Å². The molecule has 0 saturated carbocycles. The van der Waals surface area contributed by atoms with Gasteiger partial charge in [0.05, 0.1) is 5.92 Å². The Balaban J connectivity index is 1.50. The minimum absolute atomic E-state index is 0.127. The molecule has 0 amide bonds. The van der Waals surface area contributed by atoms with E-state index >= 15 is 0 Å². The molecule has 0 aromatic carbocycles. The van der Waals surface area contributed by atoms with Gasteiger partial charge in [0.15, 0.2) is 5.76 Å². The van der Waals surface area contributed by atoms with Gasteiger partial charge < -0.3 is 9.05 Å². The van der Waals surface area contributed by atoms with E-state index in [1.807, 2.05) is 0 Å². The molecule has 1 aliphatic rings. The van der Waals surface area contributed by atoms with E-state index in [4.69, 9.17) is 9.05 Å². The van der Waals surface area contributed by atoms with Gasteiger partial charge in [0.25, 0.3) is 0 Å². The van der Waals surface area contributed by atoms with Crippen LogP contribution < -0.4 is 0 Å². The molecule has 9 nitrogen and oxygen atoms in total. The summed E-state index contributed by atoms with van der Waals surface area (Å²) in [7, 11) is -3.63. The van der Waals surface area contributed by atoms with Crippen molar-refractivity contribution < 1.29 is 17.5 Å². The molecule has 4 rings (SSSR count). The van der Waals surface area contributed by atoms with Crippen LogP contribution >= 0.6 is 0 Å². The van der Waals surface area contributed by atoms with Gasteiger partial charge in [-0.25, -0.2) is 8.42 Å². The predicted molar refractivity (Wildman–Crippen MR) is 85.0 cm³/mol. The number of aryl methyl sites for hydroxylation is 2. The van der Waals surface area contributed by atoms with Crippen molar-refractivity contribution in [2.45, 2.75) is 24.7 Å². The van der Waals surface area contributed by atoms with Gasteiger partial charge >= 0.3 is 0 Å². The van der Waals surface area contributed by atoms with Crippen molar-refractivity contribution in [3.05, 3.63) is 41.9 Å². The molecule has 25 heavy (non-hydrogen) atoms. The van der Waals surface area contributed by atoms with Gasteiger partial charge in [0.1, 0.15) is 10.6 Å². The summed E-state index contributed by atoms with van der Waals surface area (Å²) in [6.07, 6.45) is 3.29. The lowest BCUT2D eigenvalue weighted by atomic mass is 10.0. The molecule has 4 heterocycles. The molecule has 10 heteroatoms. The standard InChI is InChI=1S/C15H15N5O4S/c1-9-13(10(2)23-18-9)25(21,22)20-7-12(8-20)15-17-14(19-24-15)11-3-5-16-6-4-11/h3-6,12H,7-8H2,1-2H3. The number of aromatic nitrogens is 4. The second-order valence-corrected chi connectivity index (χ2v) is 7.74. The number of pyridine rings is 1. The van der Waals surface area contributed by atoms with Crippen molar-refractivity contribution in [3.8, 4) is 11.4 Å². The summed E-state index contributed by atoms with van der Waals surface area (Å²) in [5.41, 5.74) is 1.16. The lowest BCUT2D eigenvalue weighted by molar-refractivity contribution is 0.216. The monoisotopic (exact) mass is 361 g/mol. The molecule has 1 fully saturated rings. The highest BCUT2D eigenvalue weighted by atomic mass is 32.2. The van der Waals surface area contributed by atoms with Crippen molar-refractivity contribution >= 4 is 10.0 Å². The van der Waals surface area contributed by atoms with Crippen molar-refractivity contribution in [3.63, 3.8) is 0 Å². The third kappa shape index (κ3) is 2.63. The molecule has 1 aliphatic heterocycles. The van der Waals surface area contributed by atoms with Gasteiger partial charge in [-0.1, -0.05) is 10.3 Å². The normalized spacial score (nSPS) is 16.1. The van der Waals surface area contributed by atoms with Gasteiger partial charge in [0, 0.05) is 31.0 Å². The van der Waals surface area contributed by atoms with Crippen LogP contribution in [-0.2, 0) is 10.0 Å². The summed E-state index contributed by atoms with van der Waals surface area (Å²) in [6.45, 7) is 3.76. The number of sulfonamides is 1. The number of hydrogen-bond donors (Lipinski definition) is 0. The molecular formula is C15H15N5O4S. The third-order valence-corrected chi connectivity index (χ3v) is 6.22. The number of nitrogens with zero attached hydrogens (tertiary/aromatic N) is 5. The van der Waals surface area contributed by atoms with Crippen LogP contribution in [0.3, 0.4) is 0 Å². The van der Waals surface area contributed by atoms with Crippen LogP contribution in [0.1, 0.15) is 23.3 Å². The van der Waals surface area contributed by atoms with E-state index in [1.165, 1.54) is 4.31 Å². The van der Waals surface area contributed by atoms with E-state index in [-0.39, 0.29) is 23.9 Å². The molecule has 1 saturated heterocycles. The lowest BCUT2D eigenvalue weighted by Crippen LogP contribution is -2.48. The Morgan fingerprint density at radius 1 is 1.12 bits per heavy atom. The quantitative estimate of drug-likeness (QED) is 0.687. The highest BCUT2D eigenvalue weighted by Crippen LogP contribution is 2.33. The highest BCUT2D eigenvalue weighted by Gasteiger charge is 2.42. The van der Waals surface area contributed by atoms with Crippen LogP contribution in [0.2, 0.25) is 0 Å². The minimum atomic E-state index is -3.63. The van der Waals surface area contributed by atoms with Crippen LogP contribution in [-0.4, -0.2) is 46.1 Å². The summed E-state index contributed by atoms with van der Waals surface area (Å²) in [6, 6.07) is 3.56. The van der Waals surface area contributed by atoms with E-state index in [9.17, 15) is 8.42 Å². The molecule has 130 valence electrons. The fourth-order valence-electron chi connectivity index (χ4n) is 2.78. The maximum absolute atomic E-state index is 12.7. The number of rotatable bonds is 4. The maximum atomic E-state index is 12.7. The Bertz CT molecular complexity index is 986.